The summed E-state index contributed by atoms with van der Waals surface area (Å²) in [5.74, 6) is 0. The summed E-state index contributed by atoms with van der Waals surface area (Å²) in [6, 6.07) is 2.69. The predicted molar refractivity (Wildman–Crippen MR) is 33.1 cm³/mol. The fraction of sp³-hybridized carbons (Fsp3) is 0.167. The van der Waals surface area contributed by atoms with Gasteiger partial charge in [0, 0.05) is 12.3 Å². The number of rotatable bonds is 0. The lowest BCUT2D eigenvalue weighted by atomic mass is 10.3. The highest BCUT2D eigenvalue weighted by molar-refractivity contribution is 6.29. The Morgan fingerprint density at radius 2 is 2.09 bits per heavy atom. The van der Waals surface area contributed by atoms with Crippen molar-refractivity contribution in [3.8, 4) is 0 Å². The maximum atomic E-state index is 11.9. The molecule has 0 atom stereocenters. The molecule has 59 valence electrons. The summed E-state index contributed by atoms with van der Waals surface area (Å²) in [5.41, 5.74) is -0.905. The van der Waals surface area contributed by atoms with Crippen LogP contribution in [0.2, 0.25) is 5.15 Å². The first kappa shape index (κ1) is 8.33. The Balaban J connectivity index is 3.06. The zero-order valence-electron chi connectivity index (χ0n) is 5.11. The van der Waals surface area contributed by atoms with Gasteiger partial charge in [-0.2, -0.15) is 13.2 Å². The summed E-state index contributed by atoms with van der Waals surface area (Å²) in [6.45, 7) is 0. The van der Waals surface area contributed by atoms with Crippen molar-refractivity contribution in [2.75, 3.05) is 0 Å². The van der Waals surface area contributed by atoms with Gasteiger partial charge in [0.2, 0.25) is 0 Å². The van der Waals surface area contributed by atoms with Crippen LogP contribution in [0.15, 0.2) is 12.3 Å². The third kappa shape index (κ3) is 2.08. The first-order chi connectivity index (χ1) is 5.00. The van der Waals surface area contributed by atoms with Gasteiger partial charge >= 0.3 is 6.18 Å². The molecule has 1 rings (SSSR count). The summed E-state index contributed by atoms with van der Waals surface area (Å²) in [7, 11) is 0. The molecule has 0 spiro atoms. The van der Waals surface area contributed by atoms with E-state index in [-0.39, 0.29) is 5.15 Å². The lowest BCUT2D eigenvalue weighted by Crippen LogP contribution is -2.04. The molecule has 1 aromatic heterocycles. The van der Waals surface area contributed by atoms with Gasteiger partial charge in [-0.05, 0) is 6.07 Å². The Kier molecular flexibility index (Phi) is 2.04. The number of nitrogens with zero attached hydrogens (tertiary/aromatic N) is 1. The highest BCUT2D eigenvalue weighted by atomic mass is 35.5. The van der Waals surface area contributed by atoms with E-state index in [9.17, 15) is 13.2 Å². The monoisotopic (exact) mass is 180 g/mol. The number of hydrogen-bond acceptors (Lipinski definition) is 1. The quantitative estimate of drug-likeness (QED) is 0.559. The summed E-state index contributed by atoms with van der Waals surface area (Å²) in [4.78, 5) is 3.36. The Labute approximate surface area is 65.8 Å². The van der Waals surface area contributed by atoms with Gasteiger partial charge < -0.3 is 0 Å². The lowest BCUT2D eigenvalue weighted by Gasteiger charge is -2.04. The lowest BCUT2D eigenvalue weighted by molar-refractivity contribution is -0.137. The van der Waals surface area contributed by atoms with Gasteiger partial charge in [-0.25, -0.2) is 4.98 Å². The molecule has 11 heavy (non-hydrogen) atoms. The van der Waals surface area contributed by atoms with Crippen LogP contribution in [0.4, 0.5) is 13.2 Å². The molecule has 0 unspecified atom stereocenters. The molecule has 5 heteroatoms. The van der Waals surface area contributed by atoms with Crippen LogP contribution in [0.5, 0.6) is 0 Å². The van der Waals surface area contributed by atoms with E-state index in [1.54, 1.807) is 0 Å². The van der Waals surface area contributed by atoms with Crippen molar-refractivity contribution in [3.05, 3.63) is 29.0 Å². The minimum Gasteiger partial charge on any atom is -0.244 e. The maximum absolute atomic E-state index is 11.9. The zero-order chi connectivity index (χ0) is 8.48. The molecule has 0 N–H and O–H groups in total. The molecule has 1 aromatic rings. The molecule has 0 aliphatic heterocycles. The molecule has 0 fully saturated rings. The molecule has 0 aromatic carbocycles. The average molecular weight is 181 g/mol. The molecule has 0 saturated heterocycles. The van der Waals surface area contributed by atoms with E-state index in [1.165, 1.54) is 0 Å². The first-order valence-corrected chi connectivity index (χ1v) is 2.99. The van der Waals surface area contributed by atoms with Crippen molar-refractivity contribution in [2.45, 2.75) is 6.18 Å². The zero-order valence-corrected chi connectivity index (χ0v) is 5.87. The third-order valence-corrected chi connectivity index (χ3v) is 1.16. The number of hydrogen-bond donors (Lipinski definition) is 0. The highest BCUT2D eigenvalue weighted by Gasteiger charge is 2.30. The van der Waals surface area contributed by atoms with Crippen LogP contribution >= 0.6 is 11.6 Å². The number of halogens is 4. The topological polar surface area (TPSA) is 12.9 Å². The summed E-state index contributed by atoms with van der Waals surface area (Å²) < 4.78 is 35.6. The van der Waals surface area contributed by atoms with Crippen molar-refractivity contribution in [3.63, 3.8) is 0 Å². The average Bonchev–Trinajstić information content (AvgIpc) is 1.86. The molecule has 0 saturated carbocycles. The molecular formula is C6H2ClF3N. The van der Waals surface area contributed by atoms with Crippen molar-refractivity contribution in [1.29, 1.82) is 0 Å². The van der Waals surface area contributed by atoms with Gasteiger partial charge in [-0.1, -0.05) is 11.6 Å². The van der Waals surface area contributed by atoms with Gasteiger partial charge in [-0.3, -0.25) is 0 Å². The van der Waals surface area contributed by atoms with Gasteiger partial charge in [-0.15, -0.1) is 0 Å². The second-order valence-electron chi connectivity index (χ2n) is 1.77. The predicted octanol–water partition coefficient (Wildman–Crippen LogP) is 2.55. The van der Waals surface area contributed by atoms with Gasteiger partial charge in [0.25, 0.3) is 0 Å². The Morgan fingerprint density at radius 1 is 1.45 bits per heavy atom. The molecular weight excluding hydrogens is 179 g/mol. The van der Waals surface area contributed by atoms with Crippen molar-refractivity contribution >= 4 is 11.6 Å². The van der Waals surface area contributed by atoms with Crippen LogP contribution in [-0.2, 0) is 6.18 Å². The number of alkyl halides is 3. The van der Waals surface area contributed by atoms with E-state index in [4.69, 9.17) is 11.6 Å². The maximum Gasteiger partial charge on any atom is 0.417 e. The Morgan fingerprint density at radius 3 is 2.45 bits per heavy atom. The third-order valence-electron chi connectivity index (χ3n) is 0.972. The van der Waals surface area contributed by atoms with E-state index in [2.05, 4.69) is 4.98 Å². The van der Waals surface area contributed by atoms with Crippen LogP contribution in [0.25, 0.3) is 0 Å². The van der Waals surface area contributed by atoms with E-state index in [0.29, 0.717) is 0 Å². The van der Waals surface area contributed by atoms with Crippen LogP contribution in [0.3, 0.4) is 0 Å². The van der Waals surface area contributed by atoms with E-state index >= 15 is 0 Å². The Bertz CT molecular complexity index is 258. The van der Waals surface area contributed by atoms with Crippen LogP contribution in [0, 0.1) is 6.07 Å². The smallest absolute Gasteiger partial charge is 0.244 e. The molecule has 0 aliphatic rings. The molecule has 0 amide bonds. The van der Waals surface area contributed by atoms with Crippen molar-refractivity contribution < 1.29 is 13.2 Å². The highest BCUT2D eigenvalue weighted by Crippen LogP contribution is 2.29. The van der Waals surface area contributed by atoms with Gasteiger partial charge in [0.1, 0.15) is 5.15 Å². The fourth-order valence-electron chi connectivity index (χ4n) is 0.528. The van der Waals surface area contributed by atoms with E-state index in [1.807, 2.05) is 6.07 Å². The number of aromatic nitrogens is 1. The van der Waals surface area contributed by atoms with E-state index in [0.717, 1.165) is 12.3 Å². The second kappa shape index (κ2) is 2.70. The van der Waals surface area contributed by atoms with Crippen LogP contribution in [-0.4, -0.2) is 4.98 Å². The first-order valence-electron chi connectivity index (χ1n) is 2.61. The van der Waals surface area contributed by atoms with Gasteiger partial charge in [0.05, 0.1) is 5.56 Å². The van der Waals surface area contributed by atoms with Crippen LogP contribution in [0.1, 0.15) is 5.56 Å². The minimum atomic E-state index is -4.40. The van der Waals surface area contributed by atoms with Gasteiger partial charge in [0.15, 0.2) is 0 Å². The minimum absolute atomic E-state index is 0.278. The molecule has 1 nitrogen and oxygen atoms in total. The normalized spacial score (nSPS) is 11.6. The van der Waals surface area contributed by atoms with E-state index < -0.39 is 11.7 Å². The number of pyridine rings is 1. The summed E-state index contributed by atoms with van der Waals surface area (Å²) >= 11 is 5.18. The fourth-order valence-corrected chi connectivity index (χ4v) is 0.686. The molecule has 0 bridgehead atoms. The largest absolute Gasteiger partial charge is 0.417 e. The summed E-state index contributed by atoms with van der Waals surface area (Å²) in [6.07, 6.45) is -3.41. The second-order valence-corrected chi connectivity index (χ2v) is 2.13. The van der Waals surface area contributed by atoms with Crippen LogP contribution < -0.4 is 0 Å². The van der Waals surface area contributed by atoms with Crippen molar-refractivity contribution in [2.24, 2.45) is 0 Å². The Hall–Kier alpha value is -0.770. The van der Waals surface area contributed by atoms with Crippen molar-refractivity contribution in [1.82, 2.24) is 4.98 Å². The molecule has 1 heterocycles. The molecule has 0 aliphatic carbocycles. The molecule has 1 radical (unpaired) electrons. The SMILES string of the molecule is FC(F)(F)c1[c]c(Cl)ncc1. The standard InChI is InChI=1S/C6H2ClF3N/c7-5-3-4(1-2-11-5)6(8,9)10/h1-2H. The summed E-state index contributed by atoms with van der Waals surface area (Å²) in [5, 5.41) is -0.278.